The van der Waals surface area contributed by atoms with Crippen LogP contribution < -0.4 is 20.7 Å². The number of hydrogen-bond acceptors (Lipinski definition) is 5. The number of hydrogen-bond donors (Lipinski definition) is 2. The zero-order valence-corrected chi connectivity index (χ0v) is 11.3. The number of nitrogens with zero attached hydrogens (tertiary/aromatic N) is 1. The number of rotatable bonds is 4. The standard InChI is InChI=1S/C12H12BrN3O2/c1-17-8-5-6-10(9(13)7-8)18-12-4-2-3-11(15-12)16-14/h2-7H,14H2,1H3,(H,15,16). The summed E-state index contributed by atoms with van der Waals surface area (Å²) in [7, 11) is 1.61. The zero-order chi connectivity index (χ0) is 13.0. The Bertz CT molecular complexity index is 549. The summed E-state index contributed by atoms with van der Waals surface area (Å²) in [5, 5.41) is 0. The van der Waals surface area contributed by atoms with E-state index in [2.05, 4.69) is 26.3 Å². The Morgan fingerprint density at radius 1 is 1.28 bits per heavy atom. The van der Waals surface area contributed by atoms with Crippen LogP contribution in [-0.4, -0.2) is 12.1 Å². The molecule has 2 aromatic rings. The van der Waals surface area contributed by atoms with Crippen molar-refractivity contribution in [2.75, 3.05) is 12.5 Å². The molecule has 0 bridgehead atoms. The largest absolute Gasteiger partial charge is 0.497 e. The Morgan fingerprint density at radius 2 is 2.11 bits per heavy atom. The van der Waals surface area contributed by atoms with Gasteiger partial charge in [0.1, 0.15) is 17.3 Å². The molecular formula is C12H12BrN3O2. The van der Waals surface area contributed by atoms with E-state index in [0.29, 0.717) is 17.4 Å². The number of anilines is 1. The van der Waals surface area contributed by atoms with Crippen molar-refractivity contribution >= 4 is 21.7 Å². The van der Waals surface area contributed by atoms with Crippen molar-refractivity contribution in [1.29, 1.82) is 0 Å². The van der Waals surface area contributed by atoms with Gasteiger partial charge in [-0.05, 0) is 40.2 Å². The number of nitrogens with two attached hydrogens (primary N) is 1. The fourth-order valence-electron chi connectivity index (χ4n) is 1.36. The van der Waals surface area contributed by atoms with Gasteiger partial charge >= 0.3 is 0 Å². The first-order valence-corrected chi connectivity index (χ1v) is 5.97. The third-order valence-electron chi connectivity index (χ3n) is 2.22. The average Bonchev–Trinajstić information content (AvgIpc) is 2.41. The molecule has 2 rings (SSSR count). The number of methoxy groups -OCH3 is 1. The topological polar surface area (TPSA) is 69.4 Å². The third-order valence-corrected chi connectivity index (χ3v) is 2.84. The van der Waals surface area contributed by atoms with Crippen LogP contribution in [0.3, 0.4) is 0 Å². The molecule has 0 aliphatic carbocycles. The first kappa shape index (κ1) is 12.7. The van der Waals surface area contributed by atoms with Crippen molar-refractivity contribution in [2.24, 2.45) is 5.84 Å². The predicted molar refractivity (Wildman–Crippen MR) is 72.8 cm³/mol. The molecule has 1 heterocycles. The lowest BCUT2D eigenvalue weighted by Gasteiger charge is -2.09. The molecule has 0 spiro atoms. The maximum absolute atomic E-state index is 5.64. The van der Waals surface area contributed by atoms with Gasteiger partial charge in [0, 0.05) is 6.07 Å². The van der Waals surface area contributed by atoms with E-state index in [-0.39, 0.29) is 0 Å². The molecule has 0 radical (unpaired) electrons. The molecule has 0 aliphatic heterocycles. The molecule has 18 heavy (non-hydrogen) atoms. The van der Waals surface area contributed by atoms with E-state index in [0.717, 1.165) is 10.2 Å². The summed E-state index contributed by atoms with van der Waals surface area (Å²) in [5.41, 5.74) is 2.46. The summed E-state index contributed by atoms with van der Waals surface area (Å²) < 4.78 is 11.5. The predicted octanol–water partition coefficient (Wildman–Crippen LogP) is 2.93. The number of benzene rings is 1. The van der Waals surface area contributed by atoms with Crippen LogP contribution in [0.2, 0.25) is 0 Å². The maximum Gasteiger partial charge on any atom is 0.221 e. The molecule has 0 saturated heterocycles. The lowest BCUT2D eigenvalue weighted by Crippen LogP contribution is -2.08. The van der Waals surface area contributed by atoms with Crippen LogP contribution in [0.25, 0.3) is 0 Å². The van der Waals surface area contributed by atoms with Crippen LogP contribution in [0.15, 0.2) is 40.9 Å². The van der Waals surface area contributed by atoms with E-state index in [9.17, 15) is 0 Å². The molecule has 1 aromatic carbocycles. The van der Waals surface area contributed by atoms with Crippen molar-refractivity contribution < 1.29 is 9.47 Å². The summed E-state index contributed by atoms with van der Waals surface area (Å²) in [4.78, 5) is 4.16. The maximum atomic E-state index is 5.64. The highest BCUT2D eigenvalue weighted by Crippen LogP contribution is 2.32. The summed E-state index contributed by atoms with van der Waals surface area (Å²) in [6.07, 6.45) is 0. The Kier molecular flexibility index (Phi) is 4.01. The van der Waals surface area contributed by atoms with Crippen molar-refractivity contribution in [3.8, 4) is 17.4 Å². The second-order valence-electron chi connectivity index (χ2n) is 3.40. The third kappa shape index (κ3) is 2.91. The molecule has 0 saturated carbocycles. The summed E-state index contributed by atoms with van der Waals surface area (Å²) in [6, 6.07) is 10.7. The van der Waals surface area contributed by atoms with Crippen molar-refractivity contribution in [3.05, 3.63) is 40.9 Å². The van der Waals surface area contributed by atoms with Gasteiger partial charge in [0.05, 0.1) is 11.6 Å². The van der Waals surface area contributed by atoms with Crippen LogP contribution in [0.5, 0.6) is 17.4 Å². The summed E-state index contributed by atoms with van der Waals surface area (Å²) in [5.74, 6) is 7.68. The minimum Gasteiger partial charge on any atom is -0.497 e. The van der Waals surface area contributed by atoms with Crippen molar-refractivity contribution in [1.82, 2.24) is 4.98 Å². The quantitative estimate of drug-likeness (QED) is 0.671. The Balaban J connectivity index is 2.22. The summed E-state index contributed by atoms with van der Waals surface area (Å²) >= 11 is 3.41. The normalized spacial score (nSPS) is 9.94. The molecule has 0 amide bonds. The molecule has 94 valence electrons. The van der Waals surface area contributed by atoms with Gasteiger partial charge in [-0.25, -0.2) is 5.84 Å². The van der Waals surface area contributed by atoms with Crippen molar-refractivity contribution in [3.63, 3.8) is 0 Å². The van der Waals surface area contributed by atoms with Gasteiger partial charge in [-0.1, -0.05) is 6.07 Å². The number of halogens is 1. The van der Waals surface area contributed by atoms with Gasteiger partial charge in [0.2, 0.25) is 5.88 Å². The van der Waals surface area contributed by atoms with Gasteiger partial charge in [0.25, 0.3) is 0 Å². The highest BCUT2D eigenvalue weighted by molar-refractivity contribution is 9.10. The van der Waals surface area contributed by atoms with Crippen LogP contribution in [-0.2, 0) is 0 Å². The van der Waals surface area contributed by atoms with E-state index >= 15 is 0 Å². The Hall–Kier alpha value is -1.79. The van der Waals surface area contributed by atoms with Gasteiger partial charge < -0.3 is 14.9 Å². The molecule has 0 aliphatic rings. The zero-order valence-electron chi connectivity index (χ0n) is 9.68. The number of aromatic nitrogens is 1. The first-order valence-electron chi connectivity index (χ1n) is 5.18. The number of ether oxygens (including phenoxy) is 2. The molecule has 0 fully saturated rings. The lowest BCUT2D eigenvalue weighted by atomic mass is 10.3. The highest BCUT2D eigenvalue weighted by atomic mass is 79.9. The number of hydrazine groups is 1. The molecular weight excluding hydrogens is 298 g/mol. The Labute approximate surface area is 113 Å². The van der Waals surface area contributed by atoms with E-state index in [1.165, 1.54) is 0 Å². The first-order chi connectivity index (χ1) is 8.72. The second-order valence-corrected chi connectivity index (χ2v) is 4.26. The van der Waals surface area contributed by atoms with Gasteiger partial charge in [-0.3, -0.25) is 0 Å². The monoisotopic (exact) mass is 309 g/mol. The fourth-order valence-corrected chi connectivity index (χ4v) is 1.79. The molecule has 3 N–H and O–H groups in total. The molecule has 0 unspecified atom stereocenters. The lowest BCUT2D eigenvalue weighted by molar-refractivity contribution is 0.411. The Morgan fingerprint density at radius 3 is 2.78 bits per heavy atom. The van der Waals surface area contributed by atoms with Crippen LogP contribution in [0.1, 0.15) is 0 Å². The minimum absolute atomic E-state index is 0.455. The van der Waals surface area contributed by atoms with Gasteiger partial charge in [-0.2, -0.15) is 4.98 Å². The molecule has 1 aromatic heterocycles. The van der Waals surface area contributed by atoms with E-state index < -0.39 is 0 Å². The number of nitrogen functional groups attached to an aromatic ring is 1. The number of nitrogens with one attached hydrogen (secondary N) is 1. The van der Waals surface area contributed by atoms with Crippen molar-refractivity contribution in [2.45, 2.75) is 0 Å². The molecule has 0 atom stereocenters. The van der Waals surface area contributed by atoms with Crippen LogP contribution in [0.4, 0.5) is 5.82 Å². The molecule has 6 heteroatoms. The summed E-state index contributed by atoms with van der Waals surface area (Å²) in [6.45, 7) is 0. The van der Waals surface area contributed by atoms with E-state index in [4.69, 9.17) is 15.3 Å². The smallest absolute Gasteiger partial charge is 0.221 e. The van der Waals surface area contributed by atoms with E-state index in [1.54, 1.807) is 31.4 Å². The molecule has 5 nitrogen and oxygen atoms in total. The van der Waals surface area contributed by atoms with Crippen LogP contribution in [0, 0.1) is 0 Å². The fraction of sp³-hybridized carbons (Fsp3) is 0.0833. The number of pyridine rings is 1. The van der Waals surface area contributed by atoms with Crippen LogP contribution >= 0.6 is 15.9 Å². The van der Waals surface area contributed by atoms with E-state index in [1.807, 2.05) is 12.1 Å². The highest BCUT2D eigenvalue weighted by Gasteiger charge is 2.05. The minimum atomic E-state index is 0.455. The average molecular weight is 310 g/mol. The van der Waals surface area contributed by atoms with Gasteiger partial charge in [0.15, 0.2) is 0 Å². The SMILES string of the molecule is COc1ccc(Oc2cccc(NN)n2)c(Br)c1. The second kappa shape index (κ2) is 5.70. The van der Waals surface area contributed by atoms with Gasteiger partial charge in [-0.15, -0.1) is 0 Å².